The molecule has 0 saturated heterocycles. The number of aryl methyl sites for hydroxylation is 1. The van der Waals surface area contributed by atoms with Gasteiger partial charge in [0.25, 0.3) is 0 Å². The summed E-state index contributed by atoms with van der Waals surface area (Å²) in [7, 11) is 0. The van der Waals surface area contributed by atoms with E-state index in [1.54, 1.807) is 11.3 Å². The predicted molar refractivity (Wildman–Crippen MR) is 78.6 cm³/mol. The SMILES string of the molecule is O=C(NCc1ccsc1)NCC1CCn2ccnc2C1. The first-order valence-electron chi connectivity index (χ1n) is 6.84. The smallest absolute Gasteiger partial charge is 0.315 e. The molecule has 3 rings (SSSR count). The van der Waals surface area contributed by atoms with E-state index in [-0.39, 0.29) is 6.03 Å². The average molecular weight is 290 g/mol. The van der Waals surface area contributed by atoms with Gasteiger partial charge < -0.3 is 15.2 Å². The van der Waals surface area contributed by atoms with Gasteiger partial charge in [-0.1, -0.05) is 0 Å². The highest BCUT2D eigenvalue weighted by Crippen LogP contribution is 2.18. The molecule has 0 aliphatic carbocycles. The first-order chi connectivity index (χ1) is 9.81. The van der Waals surface area contributed by atoms with Gasteiger partial charge in [-0.2, -0.15) is 11.3 Å². The number of hydrogen-bond acceptors (Lipinski definition) is 3. The second-order valence-corrected chi connectivity index (χ2v) is 5.87. The van der Waals surface area contributed by atoms with E-state index in [1.807, 2.05) is 29.2 Å². The molecular weight excluding hydrogens is 272 g/mol. The fourth-order valence-electron chi connectivity index (χ4n) is 2.46. The van der Waals surface area contributed by atoms with Crippen LogP contribution in [-0.2, 0) is 19.5 Å². The van der Waals surface area contributed by atoms with Crippen LogP contribution < -0.4 is 10.6 Å². The zero-order chi connectivity index (χ0) is 13.8. The number of fused-ring (bicyclic) bond motifs is 1. The van der Waals surface area contributed by atoms with Crippen LogP contribution in [0.2, 0.25) is 0 Å². The van der Waals surface area contributed by atoms with Crippen LogP contribution in [0.4, 0.5) is 4.79 Å². The van der Waals surface area contributed by atoms with Crippen molar-refractivity contribution >= 4 is 17.4 Å². The Morgan fingerprint density at radius 1 is 1.50 bits per heavy atom. The summed E-state index contributed by atoms with van der Waals surface area (Å²) < 4.78 is 2.19. The number of nitrogens with one attached hydrogen (secondary N) is 2. The highest BCUT2D eigenvalue weighted by Gasteiger charge is 2.19. The lowest BCUT2D eigenvalue weighted by atomic mass is 9.98. The minimum Gasteiger partial charge on any atom is -0.338 e. The van der Waals surface area contributed by atoms with E-state index in [9.17, 15) is 4.79 Å². The second-order valence-electron chi connectivity index (χ2n) is 5.09. The Balaban J connectivity index is 1.40. The summed E-state index contributed by atoms with van der Waals surface area (Å²) >= 11 is 1.64. The van der Waals surface area contributed by atoms with Crippen LogP contribution >= 0.6 is 11.3 Å². The van der Waals surface area contributed by atoms with Gasteiger partial charge in [0.05, 0.1) is 0 Å². The maximum atomic E-state index is 11.7. The van der Waals surface area contributed by atoms with E-state index >= 15 is 0 Å². The number of amides is 2. The molecule has 2 N–H and O–H groups in total. The largest absolute Gasteiger partial charge is 0.338 e. The molecule has 0 fully saturated rings. The van der Waals surface area contributed by atoms with Crippen LogP contribution in [0.5, 0.6) is 0 Å². The number of thiophene rings is 1. The first kappa shape index (κ1) is 13.2. The summed E-state index contributed by atoms with van der Waals surface area (Å²) in [4.78, 5) is 16.1. The van der Waals surface area contributed by atoms with E-state index < -0.39 is 0 Å². The van der Waals surface area contributed by atoms with Gasteiger partial charge in [0.2, 0.25) is 0 Å². The molecule has 0 spiro atoms. The Labute approximate surface area is 122 Å². The quantitative estimate of drug-likeness (QED) is 0.905. The maximum absolute atomic E-state index is 11.7. The van der Waals surface area contributed by atoms with Crippen molar-refractivity contribution in [3.05, 3.63) is 40.6 Å². The minimum absolute atomic E-state index is 0.0925. The van der Waals surface area contributed by atoms with E-state index in [0.29, 0.717) is 19.0 Å². The molecule has 0 saturated carbocycles. The maximum Gasteiger partial charge on any atom is 0.315 e. The molecule has 0 bridgehead atoms. The fourth-order valence-corrected chi connectivity index (χ4v) is 3.13. The predicted octanol–water partition coefficient (Wildman–Crippen LogP) is 2.01. The van der Waals surface area contributed by atoms with Crippen LogP contribution in [0.15, 0.2) is 29.2 Å². The summed E-state index contributed by atoms with van der Waals surface area (Å²) in [6, 6.07) is 1.93. The lowest BCUT2D eigenvalue weighted by Gasteiger charge is -2.23. The second kappa shape index (κ2) is 6.09. The van der Waals surface area contributed by atoms with Crippen LogP contribution in [0, 0.1) is 5.92 Å². The third kappa shape index (κ3) is 3.19. The number of hydrogen-bond donors (Lipinski definition) is 2. The van der Waals surface area contributed by atoms with Gasteiger partial charge >= 0.3 is 6.03 Å². The Morgan fingerprint density at radius 3 is 3.30 bits per heavy atom. The van der Waals surface area contributed by atoms with Crippen molar-refractivity contribution in [3.63, 3.8) is 0 Å². The van der Waals surface area contributed by atoms with Crippen molar-refractivity contribution in [2.75, 3.05) is 6.54 Å². The van der Waals surface area contributed by atoms with Crippen LogP contribution in [-0.4, -0.2) is 22.1 Å². The van der Waals surface area contributed by atoms with Gasteiger partial charge in [0, 0.05) is 38.4 Å². The van der Waals surface area contributed by atoms with Gasteiger partial charge in [-0.05, 0) is 34.7 Å². The number of nitrogens with zero attached hydrogens (tertiary/aromatic N) is 2. The summed E-state index contributed by atoms with van der Waals surface area (Å²) in [5.74, 6) is 1.61. The Kier molecular flexibility index (Phi) is 4.01. The van der Waals surface area contributed by atoms with Crippen molar-refractivity contribution in [2.24, 2.45) is 5.92 Å². The topological polar surface area (TPSA) is 59.0 Å². The lowest BCUT2D eigenvalue weighted by Crippen LogP contribution is -2.39. The van der Waals surface area contributed by atoms with Crippen molar-refractivity contribution < 1.29 is 4.79 Å². The monoisotopic (exact) mass is 290 g/mol. The molecule has 1 aliphatic rings. The third-order valence-electron chi connectivity index (χ3n) is 3.64. The molecule has 106 valence electrons. The summed E-state index contributed by atoms with van der Waals surface area (Å²) in [6.45, 7) is 2.30. The van der Waals surface area contributed by atoms with Gasteiger partial charge in [-0.3, -0.25) is 0 Å². The van der Waals surface area contributed by atoms with Crippen molar-refractivity contribution in [2.45, 2.75) is 25.9 Å². The number of imidazole rings is 1. The van der Waals surface area contributed by atoms with Gasteiger partial charge in [-0.25, -0.2) is 9.78 Å². The molecule has 5 nitrogen and oxygen atoms in total. The van der Waals surface area contributed by atoms with E-state index in [0.717, 1.165) is 30.8 Å². The lowest BCUT2D eigenvalue weighted by molar-refractivity contribution is 0.236. The Morgan fingerprint density at radius 2 is 2.45 bits per heavy atom. The summed E-state index contributed by atoms with van der Waals surface area (Å²) in [6.07, 6.45) is 5.90. The van der Waals surface area contributed by atoms with Crippen LogP contribution in [0.1, 0.15) is 17.8 Å². The van der Waals surface area contributed by atoms with Crippen LogP contribution in [0.25, 0.3) is 0 Å². The van der Waals surface area contributed by atoms with Gasteiger partial charge in [0.15, 0.2) is 0 Å². The normalized spacial score (nSPS) is 17.5. The number of rotatable bonds is 4. The molecule has 6 heteroatoms. The molecule has 3 heterocycles. The number of aromatic nitrogens is 2. The van der Waals surface area contributed by atoms with Crippen molar-refractivity contribution in [1.82, 2.24) is 20.2 Å². The minimum atomic E-state index is -0.0925. The molecule has 1 aliphatic heterocycles. The zero-order valence-corrected chi connectivity index (χ0v) is 12.0. The van der Waals surface area contributed by atoms with E-state index in [4.69, 9.17) is 0 Å². The molecule has 1 unspecified atom stereocenters. The average Bonchev–Trinajstić information content (AvgIpc) is 3.13. The molecule has 1 atom stereocenters. The fraction of sp³-hybridized carbons (Fsp3) is 0.429. The number of carbonyl (C=O) groups is 1. The van der Waals surface area contributed by atoms with Gasteiger partial charge in [-0.15, -0.1) is 0 Å². The molecule has 0 radical (unpaired) electrons. The third-order valence-corrected chi connectivity index (χ3v) is 4.37. The molecule has 2 aromatic rings. The van der Waals surface area contributed by atoms with E-state index in [2.05, 4.69) is 20.2 Å². The first-order valence-corrected chi connectivity index (χ1v) is 7.78. The zero-order valence-electron chi connectivity index (χ0n) is 11.2. The molecule has 2 amide bonds. The molecule has 2 aromatic heterocycles. The molecule has 20 heavy (non-hydrogen) atoms. The summed E-state index contributed by atoms with van der Waals surface area (Å²) in [5, 5.41) is 9.88. The number of carbonyl (C=O) groups excluding carboxylic acids is 1. The molecule has 0 aromatic carbocycles. The summed E-state index contributed by atoms with van der Waals surface area (Å²) in [5.41, 5.74) is 1.14. The standard InChI is InChI=1S/C14H18N4OS/c19-14(17-9-12-2-6-20-10-12)16-8-11-1-4-18-5-3-15-13(18)7-11/h2-3,5-6,10-11H,1,4,7-9H2,(H2,16,17,19). The Bertz CT molecular complexity index is 564. The van der Waals surface area contributed by atoms with Crippen LogP contribution in [0.3, 0.4) is 0 Å². The Hall–Kier alpha value is -1.82. The van der Waals surface area contributed by atoms with E-state index in [1.165, 1.54) is 0 Å². The van der Waals surface area contributed by atoms with Gasteiger partial charge in [0.1, 0.15) is 5.82 Å². The van der Waals surface area contributed by atoms with Crippen molar-refractivity contribution in [3.8, 4) is 0 Å². The van der Waals surface area contributed by atoms with Crippen molar-refractivity contribution in [1.29, 1.82) is 0 Å². The highest BCUT2D eigenvalue weighted by molar-refractivity contribution is 7.07. The molecular formula is C14H18N4OS. The highest BCUT2D eigenvalue weighted by atomic mass is 32.1. The number of urea groups is 1.